The van der Waals surface area contributed by atoms with Crippen LogP contribution in [0.4, 0.5) is 6.01 Å². The predicted octanol–water partition coefficient (Wildman–Crippen LogP) is 2.24. The van der Waals surface area contributed by atoms with Crippen molar-refractivity contribution in [2.45, 2.75) is 33.1 Å². The third kappa shape index (κ3) is 3.44. The van der Waals surface area contributed by atoms with E-state index in [1.807, 2.05) is 6.92 Å². The molecule has 0 bridgehead atoms. The lowest BCUT2D eigenvalue weighted by Crippen LogP contribution is -2.11. The van der Waals surface area contributed by atoms with E-state index in [-0.39, 0.29) is 11.9 Å². The molecule has 0 fully saturated rings. The number of hydrogen-bond donors (Lipinski definition) is 1. The molecule has 0 spiro atoms. The van der Waals surface area contributed by atoms with Crippen molar-refractivity contribution in [2.75, 3.05) is 5.32 Å². The molecule has 1 amide bonds. The highest BCUT2D eigenvalue weighted by molar-refractivity contribution is 5.88. The fraction of sp³-hybridized carbons (Fsp3) is 0.417. The summed E-state index contributed by atoms with van der Waals surface area (Å²) in [5.74, 6) is 1.98. The lowest BCUT2D eigenvalue weighted by atomic mass is 10.2. The van der Waals surface area contributed by atoms with Crippen LogP contribution in [0.2, 0.25) is 0 Å². The molecule has 0 saturated heterocycles. The third-order valence-electron chi connectivity index (χ3n) is 2.33. The third-order valence-corrected chi connectivity index (χ3v) is 2.33. The molecular weight excluding hydrogens is 234 g/mol. The first kappa shape index (κ1) is 12.3. The number of nitrogens with one attached hydrogen (secondary N) is 1. The topological polar surface area (TPSA) is 81.2 Å². The molecule has 2 rings (SSSR count). The monoisotopic (exact) mass is 249 g/mol. The summed E-state index contributed by atoms with van der Waals surface area (Å²) in [6.07, 6.45) is 4.93. The Kier molecular flexibility index (Phi) is 3.76. The van der Waals surface area contributed by atoms with Crippen molar-refractivity contribution in [3.8, 4) is 0 Å². The number of aryl methyl sites for hydroxylation is 3. The second kappa shape index (κ2) is 5.48. The predicted molar refractivity (Wildman–Crippen MR) is 64.0 cm³/mol. The number of amides is 1. The van der Waals surface area contributed by atoms with Gasteiger partial charge >= 0.3 is 6.01 Å². The number of carbonyl (C=O) groups is 1. The van der Waals surface area contributed by atoms with E-state index in [1.165, 1.54) is 0 Å². The first-order chi connectivity index (χ1) is 8.63. The van der Waals surface area contributed by atoms with Crippen LogP contribution < -0.4 is 5.32 Å². The Morgan fingerprint density at radius 3 is 2.56 bits per heavy atom. The van der Waals surface area contributed by atoms with Gasteiger partial charge in [-0.05, 0) is 20.3 Å². The molecule has 2 heterocycles. The molecule has 1 N–H and O–H groups in total. The molecule has 0 aliphatic carbocycles. The van der Waals surface area contributed by atoms with Crippen molar-refractivity contribution in [3.05, 3.63) is 29.8 Å². The zero-order chi connectivity index (χ0) is 13.0. The lowest BCUT2D eigenvalue weighted by molar-refractivity contribution is -0.116. The maximum Gasteiger partial charge on any atom is 0.301 e. The summed E-state index contributed by atoms with van der Waals surface area (Å²) in [6.45, 7) is 3.61. The fourth-order valence-electron chi connectivity index (χ4n) is 1.51. The van der Waals surface area contributed by atoms with Gasteiger partial charge in [0.05, 0.1) is 12.4 Å². The molecule has 0 unspecified atom stereocenters. The molecule has 2 aromatic rings. The number of nitrogens with zero attached hydrogens (tertiary/aromatic N) is 2. The average molecular weight is 249 g/mol. The van der Waals surface area contributed by atoms with E-state index < -0.39 is 0 Å². The minimum atomic E-state index is -0.125. The van der Waals surface area contributed by atoms with Gasteiger partial charge in [-0.25, -0.2) is 9.97 Å². The molecule has 2 aromatic heterocycles. The zero-order valence-corrected chi connectivity index (χ0v) is 10.4. The van der Waals surface area contributed by atoms with Crippen LogP contribution in [0.25, 0.3) is 0 Å². The maximum atomic E-state index is 11.6. The minimum absolute atomic E-state index is 0.125. The Morgan fingerprint density at radius 1 is 1.22 bits per heavy atom. The molecule has 6 heteroatoms. The molecule has 0 aromatic carbocycles. The summed E-state index contributed by atoms with van der Waals surface area (Å²) in [5.41, 5.74) is 0. The summed E-state index contributed by atoms with van der Waals surface area (Å²) in [6, 6.07) is 0.240. The highest BCUT2D eigenvalue weighted by atomic mass is 16.4. The van der Waals surface area contributed by atoms with Crippen LogP contribution in [0, 0.1) is 13.8 Å². The Hall–Kier alpha value is -2.11. The highest BCUT2D eigenvalue weighted by Crippen LogP contribution is 2.09. The van der Waals surface area contributed by atoms with Gasteiger partial charge in [-0.1, -0.05) is 0 Å². The van der Waals surface area contributed by atoms with Gasteiger partial charge in [-0.15, -0.1) is 0 Å². The summed E-state index contributed by atoms with van der Waals surface area (Å²) in [5, 5.41) is 2.59. The van der Waals surface area contributed by atoms with Crippen LogP contribution in [0.15, 0.2) is 21.2 Å². The molecule has 0 aliphatic rings. The summed E-state index contributed by atoms with van der Waals surface area (Å²) in [4.78, 5) is 19.5. The normalized spacial score (nSPS) is 10.6. The van der Waals surface area contributed by atoms with Crippen molar-refractivity contribution in [2.24, 2.45) is 0 Å². The number of aromatic nitrogens is 2. The minimum Gasteiger partial charge on any atom is -0.446 e. The summed E-state index contributed by atoms with van der Waals surface area (Å²) >= 11 is 0. The zero-order valence-electron chi connectivity index (χ0n) is 10.4. The highest BCUT2D eigenvalue weighted by Gasteiger charge is 2.07. The average Bonchev–Trinajstić information content (AvgIpc) is 2.88. The van der Waals surface area contributed by atoms with Crippen molar-refractivity contribution < 1.29 is 13.6 Å². The van der Waals surface area contributed by atoms with E-state index in [1.54, 1.807) is 19.3 Å². The standard InChI is InChI=1S/C12H15N3O3/c1-8-6-13-11(17-8)5-3-4-10(16)15-12-14-7-9(2)18-12/h6-7H,3-5H2,1-2H3,(H,14,15,16). The van der Waals surface area contributed by atoms with E-state index in [2.05, 4.69) is 15.3 Å². The molecule has 6 nitrogen and oxygen atoms in total. The van der Waals surface area contributed by atoms with E-state index in [0.717, 1.165) is 5.76 Å². The van der Waals surface area contributed by atoms with Crippen LogP contribution in [0.3, 0.4) is 0 Å². The van der Waals surface area contributed by atoms with Crippen molar-refractivity contribution in [1.29, 1.82) is 0 Å². The van der Waals surface area contributed by atoms with Crippen LogP contribution in [0.5, 0.6) is 0 Å². The molecule has 0 atom stereocenters. The Morgan fingerprint density at radius 2 is 1.94 bits per heavy atom. The fourth-order valence-corrected chi connectivity index (χ4v) is 1.51. The van der Waals surface area contributed by atoms with E-state index >= 15 is 0 Å². The molecule has 18 heavy (non-hydrogen) atoms. The van der Waals surface area contributed by atoms with Crippen LogP contribution in [-0.4, -0.2) is 15.9 Å². The first-order valence-corrected chi connectivity index (χ1v) is 5.77. The Labute approximate surface area is 104 Å². The quantitative estimate of drug-likeness (QED) is 0.878. The molecule has 0 aliphatic heterocycles. The number of carbonyl (C=O) groups excluding carboxylic acids is 1. The summed E-state index contributed by atoms with van der Waals surface area (Å²) in [7, 11) is 0. The first-order valence-electron chi connectivity index (χ1n) is 5.77. The van der Waals surface area contributed by atoms with Gasteiger partial charge in [-0.2, -0.15) is 0 Å². The number of anilines is 1. The SMILES string of the molecule is Cc1cnc(CCCC(=O)Nc2ncc(C)o2)o1. The number of rotatable bonds is 5. The smallest absolute Gasteiger partial charge is 0.301 e. The Balaban J connectivity index is 1.72. The van der Waals surface area contributed by atoms with Crippen molar-refractivity contribution >= 4 is 11.9 Å². The van der Waals surface area contributed by atoms with Crippen molar-refractivity contribution in [1.82, 2.24) is 9.97 Å². The van der Waals surface area contributed by atoms with E-state index in [4.69, 9.17) is 8.83 Å². The second-order valence-corrected chi connectivity index (χ2v) is 4.04. The maximum absolute atomic E-state index is 11.6. The van der Waals surface area contributed by atoms with Gasteiger partial charge in [0.25, 0.3) is 0 Å². The van der Waals surface area contributed by atoms with Crippen LogP contribution >= 0.6 is 0 Å². The van der Waals surface area contributed by atoms with Crippen LogP contribution in [-0.2, 0) is 11.2 Å². The van der Waals surface area contributed by atoms with Gasteiger partial charge < -0.3 is 8.83 Å². The van der Waals surface area contributed by atoms with Gasteiger partial charge in [0.1, 0.15) is 11.5 Å². The summed E-state index contributed by atoms with van der Waals surface area (Å²) < 4.78 is 10.5. The van der Waals surface area contributed by atoms with E-state index in [0.29, 0.717) is 30.9 Å². The van der Waals surface area contributed by atoms with E-state index in [9.17, 15) is 4.79 Å². The molecule has 0 saturated carbocycles. The van der Waals surface area contributed by atoms with Gasteiger partial charge in [-0.3, -0.25) is 10.1 Å². The Bertz CT molecular complexity index is 530. The number of hydrogen-bond acceptors (Lipinski definition) is 5. The molecular formula is C12H15N3O3. The van der Waals surface area contributed by atoms with Gasteiger partial charge in [0.15, 0.2) is 5.89 Å². The number of oxazole rings is 2. The largest absolute Gasteiger partial charge is 0.446 e. The van der Waals surface area contributed by atoms with Gasteiger partial charge in [0.2, 0.25) is 5.91 Å². The van der Waals surface area contributed by atoms with Crippen LogP contribution in [0.1, 0.15) is 30.3 Å². The van der Waals surface area contributed by atoms with Crippen molar-refractivity contribution in [3.63, 3.8) is 0 Å². The lowest BCUT2D eigenvalue weighted by Gasteiger charge is -1.99. The molecule has 96 valence electrons. The molecule has 0 radical (unpaired) electrons. The second-order valence-electron chi connectivity index (χ2n) is 4.04. The van der Waals surface area contributed by atoms with Gasteiger partial charge in [0, 0.05) is 12.8 Å².